The van der Waals surface area contributed by atoms with Gasteiger partial charge in [0, 0.05) is 36.4 Å². The van der Waals surface area contributed by atoms with E-state index >= 15 is 0 Å². The normalized spacial score (nSPS) is 20.1. The lowest BCUT2D eigenvalue weighted by Crippen LogP contribution is -2.35. The molecule has 1 saturated heterocycles. The van der Waals surface area contributed by atoms with E-state index in [2.05, 4.69) is 53.0 Å². The smallest absolute Gasteiger partial charge is 0.143 e. The Hall–Kier alpha value is -2.14. The molecule has 150 valence electrons. The Morgan fingerprint density at radius 2 is 1.79 bits per heavy atom. The molecule has 5 rings (SSSR count). The van der Waals surface area contributed by atoms with Crippen molar-refractivity contribution < 1.29 is 4.74 Å². The summed E-state index contributed by atoms with van der Waals surface area (Å²) in [6.07, 6.45) is 5.21. The fourth-order valence-corrected chi connectivity index (χ4v) is 4.75. The molecule has 3 heterocycles. The summed E-state index contributed by atoms with van der Waals surface area (Å²) in [4.78, 5) is 7.42. The molecule has 2 aliphatic heterocycles. The van der Waals surface area contributed by atoms with Crippen LogP contribution in [0.3, 0.4) is 0 Å². The average Bonchev–Trinajstić information content (AvgIpc) is 3.11. The molecule has 0 N–H and O–H groups in total. The zero-order valence-corrected chi connectivity index (χ0v) is 17.5. The number of fused-ring (bicyclic) bond motifs is 2. The van der Waals surface area contributed by atoms with E-state index < -0.39 is 0 Å². The van der Waals surface area contributed by atoms with Crippen molar-refractivity contribution in [3.05, 3.63) is 76.7 Å². The first-order valence-corrected chi connectivity index (χ1v) is 10.8. The molecule has 1 atom stereocenters. The molecule has 0 amide bonds. The first kappa shape index (κ1) is 18.9. The molecule has 0 bridgehead atoms. The molecule has 2 aromatic carbocycles. The fourth-order valence-electron chi connectivity index (χ4n) is 4.47. The van der Waals surface area contributed by atoms with Crippen molar-refractivity contribution in [2.24, 2.45) is 0 Å². The zero-order valence-electron chi connectivity index (χ0n) is 16.7. The van der Waals surface area contributed by atoms with Crippen molar-refractivity contribution in [2.75, 3.05) is 20.1 Å². The van der Waals surface area contributed by atoms with Crippen LogP contribution in [0.5, 0.6) is 0 Å². The lowest BCUT2D eigenvalue weighted by atomic mass is 9.99. The molecule has 1 unspecified atom stereocenters. The highest BCUT2D eigenvalue weighted by molar-refractivity contribution is 6.31. The SMILES string of the molecule is CN1CCC(OC2c3cccc(Cl)c3CCn3cc(-c4ccccc4)nc32)CC1. The summed E-state index contributed by atoms with van der Waals surface area (Å²) in [6, 6.07) is 16.5. The number of rotatable bonds is 3. The van der Waals surface area contributed by atoms with Gasteiger partial charge in [-0.2, -0.15) is 0 Å². The quantitative estimate of drug-likeness (QED) is 0.614. The van der Waals surface area contributed by atoms with E-state index in [1.807, 2.05) is 18.2 Å². The standard InChI is InChI=1S/C24H26ClN3O/c1-27-13-10-18(11-14-27)29-23-20-8-5-9-21(25)19(20)12-15-28-16-22(26-24(23)28)17-6-3-2-4-7-17/h2-9,16,18,23H,10-15H2,1H3. The van der Waals surface area contributed by atoms with Crippen LogP contribution in [0.2, 0.25) is 5.02 Å². The third kappa shape index (κ3) is 3.73. The monoisotopic (exact) mass is 407 g/mol. The van der Waals surface area contributed by atoms with Gasteiger partial charge >= 0.3 is 0 Å². The van der Waals surface area contributed by atoms with Crippen LogP contribution in [-0.2, 0) is 17.7 Å². The van der Waals surface area contributed by atoms with Crippen molar-refractivity contribution in [3.63, 3.8) is 0 Å². The maximum absolute atomic E-state index is 6.75. The Bertz CT molecular complexity index is 993. The van der Waals surface area contributed by atoms with Crippen LogP contribution in [0.4, 0.5) is 0 Å². The van der Waals surface area contributed by atoms with Crippen LogP contribution in [0.1, 0.15) is 35.9 Å². The molecule has 0 radical (unpaired) electrons. The predicted octanol–water partition coefficient (Wildman–Crippen LogP) is 4.96. The molecule has 0 aliphatic carbocycles. The Labute approximate surface area is 177 Å². The number of imidazole rings is 1. The highest BCUT2D eigenvalue weighted by Crippen LogP contribution is 2.38. The van der Waals surface area contributed by atoms with Gasteiger partial charge < -0.3 is 14.2 Å². The van der Waals surface area contributed by atoms with Crippen molar-refractivity contribution in [3.8, 4) is 11.3 Å². The van der Waals surface area contributed by atoms with E-state index in [0.717, 1.165) is 61.0 Å². The van der Waals surface area contributed by atoms with E-state index in [1.165, 1.54) is 11.1 Å². The largest absolute Gasteiger partial charge is 0.362 e. The lowest BCUT2D eigenvalue weighted by molar-refractivity contribution is -0.0275. The molecule has 2 aliphatic rings. The Morgan fingerprint density at radius 1 is 1.00 bits per heavy atom. The van der Waals surface area contributed by atoms with Crippen LogP contribution in [0.25, 0.3) is 11.3 Å². The average molecular weight is 408 g/mol. The van der Waals surface area contributed by atoms with E-state index in [0.29, 0.717) is 0 Å². The summed E-state index contributed by atoms with van der Waals surface area (Å²) >= 11 is 6.59. The van der Waals surface area contributed by atoms with Gasteiger partial charge in [0.05, 0.1) is 11.8 Å². The fraction of sp³-hybridized carbons (Fsp3) is 0.375. The summed E-state index contributed by atoms with van der Waals surface area (Å²) in [5.41, 5.74) is 4.50. The molecule has 0 saturated carbocycles. The van der Waals surface area contributed by atoms with Crippen LogP contribution in [0.15, 0.2) is 54.7 Å². The second-order valence-corrected chi connectivity index (χ2v) is 8.53. The Morgan fingerprint density at radius 3 is 2.59 bits per heavy atom. The molecular formula is C24H26ClN3O. The zero-order chi connectivity index (χ0) is 19.8. The first-order valence-electron chi connectivity index (χ1n) is 10.4. The summed E-state index contributed by atoms with van der Waals surface area (Å²) in [7, 11) is 2.18. The topological polar surface area (TPSA) is 30.3 Å². The highest BCUT2D eigenvalue weighted by atomic mass is 35.5. The van der Waals surface area contributed by atoms with Crippen molar-refractivity contribution in [1.82, 2.24) is 14.5 Å². The van der Waals surface area contributed by atoms with E-state index in [-0.39, 0.29) is 12.2 Å². The summed E-state index contributed by atoms with van der Waals surface area (Å²) < 4.78 is 9.01. The van der Waals surface area contributed by atoms with Crippen LogP contribution < -0.4 is 0 Å². The van der Waals surface area contributed by atoms with Crippen LogP contribution in [-0.4, -0.2) is 40.7 Å². The van der Waals surface area contributed by atoms with Gasteiger partial charge in [0.1, 0.15) is 11.9 Å². The summed E-state index contributed by atoms with van der Waals surface area (Å²) in [5, 5.41) is 0.827. The van der Waals surface area contributed by atoms with Gasteiger partial charge in [0.15, 0.2) is 0 Å². The number of hydrogen-bond donors (Lipinski definition) is 0. The number of aryl methyl sites for hydroxylation is 1. The number of ether oxygens (including phenoxy) is 1. The third-order valence-electron chi connectivity index (χ3n) is 6.15. The predicted molar refractivity (Wildman–Crippen MR) is 116 cm³/mol. The van der Waals surface area contributed by atoms with Crippen LogP contribution in [0, 0.1) is 0 Å². The van der Waals surface area contributed by atoms with Crippen LogP contribution >= 0.6 is 11.6 Å². The molecule has 5 heteroatoms. The minimum Gasteiger partial charge on any atom is -0.362 e. The van der Waals surface area contributed by atoms with Gasteiger partial charge in [-0.05, 0) is 43.5 Å². The molecule has 0 spiro atoms. The van der Waals surface area contributed by atoms with Crippen molar-refractivity contribution in [1.29, 1.82) is 0 Å². The van der Waals surface area contributed by atoms with E-state index in [9.17, 15) is 0 Å². The van der Waals surface area contributed by atoms with Gasteiger partial charge in [-0.3, -0.25) is 0 Å². The van der Waals surface area contributed by atoms with E-state index in [4.69, 9.17) is 21.3 Å². The van der Waals surface area contributed by atoms with Crippen molar-refractivity contribution in [2.45, 2.75) is 38.0 Å². The second-order valence-electron chi connectivity index (χ2n) is 8.12. The van der Waals surface area contributed by atoms with Gasteiger partial charge in [-0.25, -0.2) is 4.98 Å². The Balaban J connectivity index is 1.55. The third-order valence-corrected chi connectivity index (χ3v) is 6.50. The first-order chi connectivity index (χ1) is 14.2. The summed E-state index contributed by atoms with van der Waals surface area (Å²) in [5.74, 6) is 0.990. The maximum atomic E-state index is 6.75. The van der Waals surface area contributed by atoms with E-state index in [1.54, 1.807) is 0 Å². The minimum absolute atomic E-state index is 0.183. The molecule has 29 heavy (non-hydrogen) atoms. The molecule has 1 fully saturated rings. The van der Waals surface area contributed by atoms with Gasteiger partial charge in [0.25, 0.3) is 0 Å². The van der Waals surface area contributed by atoms with Crippen molar-refractivity contribution >= 4 is 11.6 Å². The number of benzene rings is 2. The number of piperidine rings is 1. The second kappa shape index (κ2) is 7.94. The Kier molecular flexibility index (Phi) is 5.17. The lowest BCUT2D eigenvalue weighted by Gasteiger charge is -2.32. The van der Waals surface area contributed by atoms with Gasteiger partial charge in [-0.15, -0.1) is 0 Å². The molecule has 1 aromatic heterocycles. The number of hydrogen-bond acceptors (Lipinski definition) is 3. The molecule has 4 nitrogen and oxygen atoms in total. The number of halogens is 1. The van der Waals surface area contributed by atoms with Gasteiger partial charge in [-0.1, -0.05) is 54.1 Å². The summed E-state index contributed by atoms with van der Waals surface area (Å²) in [6.45, 7) is 3.01. The molecule has 3 aromatic rings. The highest BCUT2D eigenvalue weighted by Gasteiger charge is 2.31. The van der Waals surface area contributed by atoms with Gasteiger partial charge in [0.2, 0.25) is 0 Å². The molecular weight excluding hydrogens is 382 g/mol. The number of likely N-dealkylation sites (tertiary alicyclic amines) is 1. The maximum Gasteiger partial charge on any atom is 0.143 e. The number of nitrogens with zero attached hydrogens (tertiary/aromatic N) is 3. The minimum atomic E-state index is -0.183. The number of aromatic nitrogens is 2.